The van der Waals surface area contributed by atoms with E-state index in [0.29, 0.717) is 22.9 Å². The van der Waals surface area contributed by atoms with Crippen LogP contribution in [0.5, 0.6) is 11.6 Å². The van der Waals surface area contributed by atoms with E-state index in [1.807, 2.05) is 37.3 Å². The molecule has 194 valence electrons. The maximum atomic E-state index is 13.4. The summed E-state index contributed by atoms with van der Waals surface area (Å²) in [6.45, 7) is 3.53. The maximum absolute atomic E-state index is 13.4. The molecule has 4 rings (SSSR count). The number of nitrogens with zero attached hydrogens (tertiary/aromatic N) is 4. The van der Waals surface area contributed by atoms with Crippen molar-refractivity contribution in [1.29, 1.82) is 5.26 Å². The van der Waals surface area contributed by atoms with E-state index < -0.39 is 23.8 Å². The van der Waals surface area contributed by atoms with Gasteiger partial charge in [-0.25, -0.2) is 19.5 Å². The van der Waals surface area contributed by atoms with Gasteiger partial charge in [-0.05, 0) is 49.7 Å². The molecule has 1 aliphatic heterocycles. The van der Waals surface area contributed by atoms with Crippen molar-refractivity contribution in [3.8, 4) is 17.7 Å². The summed E-state index contributed by atoms with van der Waals surface area (Å²) in [5, 5.41) is 24.0. The SMILES string of the molecule is Cc1ccc(CN2C(=O)N(CCC(=O)O)C(=O)NC2(C)Nc2ccc(Oc3ccc(C#N)cn3)cc2)cc1. The first kappa shape index (κ1) is 26.0. The monoisotopic (exact) mass is 514 g/mol. The highest BCUT2D eigenvalue weighted by atomic mass is 16.5. The topological polar surface area (TPSA) is 148 Å². The number of hydrogen-bond donors (Lipinski definition) is 3. The lowest BCUT2D eigenvalue weighted by Gasteiger charge is -2.48. The van der Waals surface area contributed by atoms with Gasteiger partial charge >= 0.3 is 18.0 Å². The van der Waals surface area contributed by atoms with Crippen molar-refractivity contribution in [3.63, 3.8) is 0 Å². The normalized spacial score (nSPS) is 17.0. The van der Waals surface area contributed by atoms with E-state index in [1.165, 1.54) is 11.1 Å². The van der Waals surface area contributed by atoms with Crippen molar-refractivity contribution in [2.45, 2.75) is 32.6 Å². The number of aromatic nitrogens is 1. The number of amides is 4. The molecule has 11 nitrogen and oxygen atoms in total. The Bertz CT molecular complexity index is 1370. The molecular formula is C27H26N6O5. The molecule has 0 aliphatic carbocycles. The number of carboxylic acid groups (broad SMARTS) is 1. The Kier molecular flexibility index (Phi) is 7.43. The number of carbonyl (C=O) groups excluding carboxylic acids is 2. The van der Waals surface area contributed by atoms with Crippen LogP contribution in [0.25, 0.3) is 0 Å². The Hall–Kier alpha value is -5.11. The summed E-state index contributed by atoms with van der Waals surface area (Å²) >= 11 is 0. The number of rotatable bonds is 9. The van der Waals surface area contributed by atoms with Gasteiger partial charge in [0.05, 0.1) is 18.5 Å². The maximum Gasteiger partial charge on any atom is 0.331 e. The van der Waals surface area contributed by atoms with Gasteiger partial charge in [0.1, 0.15) is 11.8 Å². The summed E-state index contributed by atoms with van der Waals surface area (Å²) in [6, 6.07) is 18.4. The number of hydrogen-bond acceptors (Lipinski definition) is 7. The molecule has 0 bridgehead atoms. The van der Waals surface area contributed by atoms with Crippen molar-refractivity contribution in [1.82, 2.24) is 20.1 Å². The Morgan fingerprint density at radius 3 is 2.45 bits per heavy atom. The number of aryl methyl sites for hydroxylation is 1. The molecule has 1 aromatic heterocycles. The average molecular weight is 515 g/mol. The van der Waals surface area contributed by atoms with Crippen LogP contribution in [-0.2, 0) is 11.3 Å². The Labute approximate surface area is 219 Å². The first-order chi connectivity index (χ1) is 18.2. The number of anilines is 1. The third kappa shape index (κ3) is 5.99. The summed E-state index contributed by atoms with van der Waals surface area (Å²) in [5.41, 5.74) is 2.92. The van der Waals surface area contributed by atoms with Crippen molar-refractivity contribution in [2.24, 2.45) is 0 Å². The molecule has 2 heterocycles. The number of ether oxygens (including phenoxy) is 1. The minimum atomic E-state index is -1.32. The number of nitriles is 1. The molecule has 1 aliphatic rings. The van der Waals surface area contributed by atoms with Crippen molar-refractivity contribution < 1.29 is 24.2 Å². The summed E-state index contributed by atoms with van der Waals surface area (Å²) < 4.78 is 5.71. The van der Waals surface area contributed by atoms with Gasteiger partial charge in [-0.1, -0.05) is 29.8 Å². The minimum absolute atomic E-state index is 0.165. The molecule has 3 N–H and O–H groups in total. The van der Waals surface area contributed by atoms with E-state index in [2.05, 4.69) is 15.6 Å². The van der Waals surface area contributed by atoms with Crippen LogP contribution in [0.4, 0.5) is 15.3 Å². The molecule has 38 heavy (non-hydrogen) atoms. The highest BCUT2D eigenvalue weighted by Crippen LogP contribution is 2.28. The van der Waals surface area contributed by atoms with Crippen LogP contribution in [0.2, 0.25) is 0 Å². The van der Waals surface area contributed by atoms with Gasteiger partial charge in [0.15, 0.2) is 5.79 Å². The molecule has 4 amide bonds. The molecule has 3 aromatic rings. The molecule has 1 fully saturated rings. The summed E-state index contributed by atoms with van der Waals surface area (Å²) in [7, 11) is 0. The van der Waals surface area contributed by atoms with Crippen LogP contribution < -0.4 is 15.4 Å². The molecule has 11 heteroatoms. The molecule has 0 spiro atoms. The van der Waals surface area contributed by atoms with Gasteiger partial charge in [-0.15, -0.1) is 0 Å². The summed E-state index contributed by atoms with van der Waals surface area (Å²) in [5.74, 6) is -1.61. The molecule has 1 saturated heterocycles. The number of carbonyl (C=O) groups is 3. The van der Waals surface area contributed by atoms with Gasteiger partial charge in [-0.2, -0.15) is 5.26 Å². The standard InChI is InChI=1S/C27H26N6O5/c1-18-3-5-19(6-4-18)17-33-26(37)32(14-13-24(34)35)25(36)31-27(33,2)30-21-8-10-22(11-9-21)38-23-12-7-20(15-28)16-29-23/h3-12,16,30H,13-14,17H2,1-2H3,(H,31,36)(H,34,35). The lowest BCUT2D eigenvalue weighted by atomic mass is 10.1. The van der Waals surface area contributed by atoms with Gasteiger partial charge < -0.3 is 15.2 Å². The fourth-order valence-electron chi connectivity index (χ4n) is 3.89. The van der Waals surface area contributed by atoms with Gasteiger partial charge in [-0.3, -0.25) is 15.0 Å². The van der Waals surface area contributed by atoms with Crippen molar-refractivity contribution in [3.05, 3.63) is 83.6 Å². The zero-order valence-electron chi connectivity index (χ0n) is 20.8. The third-order valence-corrected chi connectivity index (χ3v) is 5.94. The van der Waals surface area contributed by atoms with Crippen LogP contribution in [-0.4, -0.2) is 50.3 Å². The molecule has 0 radical (unpaired) electrons. The highest BCUT2D eigenvalue weighted by Gasteiger charge is 2.46. The smallest absolute Gasteiger partial charge is 0.331 e. The van der Waals surface area contributed by atoms with Crippen LogP contribution in [0.15, 0.2) is 66.9 Å². The lowest BCUT2D eigenvalue weighted by Crippen LogP contribution is -2.74. The average Bonchev–Trinajstić information content (AvgIpc) is 2.89. The van der Waals surface area contributed by atoms with Crippen LogP contribution in [0, 0.1) is 18.3 Å². The van der Waals surface area contributed by atoms with E-state index >= 15 is 0 Å². The van der Waals surface area contributed by atoms with Gasteiger partial charge in [0.25, 0.3) is 0 Å². The zero-order valence-corrected chi connectivity index (χ0v) is 20.8. The molecular weight excluding hydrogens is 488 g/mol. The molecule has 1 atom stereocenters. The van der Waals surface area contributed by atoms with E-state index in [9.17, 15) is 14.4 Å². The Morgan fingerprint density at radius 2 is 1.84 bits per heavy atom. The molecule has 1 unspecified atom stereocenters. The Balaban J connectivity index is 1.55. The molecule has 2 aromatic carbocycles. The number of pyridine rings is 1. The second kappa shape index (κ2) is 10.9. The van der Waals surface area contributed by atoms with Crippen molar-refractivity contribution in [2.75, 3.05) is 11.9 Å². The van der Waals surface area contributed by atoms with E-state index in [-0.39, 0.29) is 19.5 Å². The highest BCUT2D eigenvalue weighted by molar-refractivity contribution is 5.97. The number of urea groups is 2. The number of nitrogens with one attached hydrogen (secondary N) is 2. The van der Waals surface area contributed by atoms with E-state index in [4.69, 9.17) is 15.1 Å². The van der Waals surface area contributed by atoms with Crippen LogP contribution in [0.1, 0.15) is 30.0 Å². The van der Waals surface area contributed by atoms with E-state index in [0.717, 1.165) is 16.0 Å². The number of benzene rings is 2. The first-order valence-electron chi connectivity index (χ1n) is 11.8. The Morgan fingerprint density at radius 1 is 1.13 bits per heavy atom. The van der Waals surface area contributed by atoms with E-state index in [1.54, 1.807) is 43.3 Å². The lowest BCUT2D eigenvalue weighted by molar-refractivity contribution is -0.137. The fraction of sp³-hybridized carbons (Fsp3) is 0.222. The van der Waals surface area contributed by atoms with Gasteiger partial charge in [0.2, 0.25) is 5.88 Å². The molecule has 0 saturated carbocycles. The minimum Gasteiger partial charge on any atom is -0.481 e. The quantitative estimate of drug-likeness (QED) is 0.384. The first-order valence-corrected chi connectivity index (χ1v) is 11.8. The van der Waals surface area contributed by atoms with Crippen molar-refractivity contribution >= 4 is 23.7 Å². The predicted octanol–water partition coefficient (Wildman–Crippen LogP) is 4.26. The number of carboxylic acids is 1. The van der Waals surface area contributed by atoms with Crippen LogP contribution in [0.3, 0.4) is 0 Å². The zero-order chi connectivity index (χ0) is 27.3. The second-order valence-corrected chi connectivity index (χ2v) is 8.90. The van der Waals surface area contributed by atoms with Gasteiger partial charge in [0, 0.05) is 24.5 Å². The van der Waals surface area contributed by atoms with Crippen LogP contribution >= 0.6 is 0 Å². The fourth-order valence-corrected chi connectivity index (χ4v) is 3.89. The number of imide groups is 1. The largest absolute Gasteiger partial charge is 0.481 e. The summed E-state index contributed by atoms with van der Waals surface area (Å²) in [6.07, 6.45) is 1.05. The third-order valence-electron chi connectivity index (χ3n) is 5.94. The number of aliphatic carboxylic acids is 1. The predicted molar refractivity (Wildman–Crippen MR) is 137 cm³/mol. The second-order valence-electron chi connectivity index (χ2n) is 8.90. The summed E-state index contributed by atoms with van der Waals surface area (Å²) in [4.78, 5) is 43.8.